The number of aliphatic hydroxyl groups is 1. The van der Waals surface area contributed by atoms with Crippen LogP contribution in [0.25, 0.3) is 0 Å². The van der Waals surface area contributed by atoms with Gasteiger partial charge in [-0.15, -0.1) is 0 Å². The second-order valence-electron chi connectivity index (χ2n) is 11.6. The first-order valence-corrected chi connectivity index (χ1v) is 18.6. The van der Waals surface area contributed by atoms with Gasteiger partial charge in [-0.25, -0.2) is 4.79 Å². The molecule has 13 heteroatoms. The van der Waals surface area contributed by atoms with E-state index in [1.807, 2.05) is 36.4 Å². The first kappa shape index (κ1) is 34.9. The van der Waals surface area contributed by atoms with Crippen molar-refractivity contribution in [1.82, 2.24) is 9.55 Å². The Morgan fingerprint density at radius 3 is 2.07 bits per heavy atom. The predicted octanol–water partition coefficient (Wildman–Crippen LogP) is 3.54. The van der Waals surface area contributed by atoms with Crippen LogP contribution in [0.1, 0.15) is 40.8 Å². The molecule has 1 aliphatic heterocycles. The third kappa shape index (κ3) is 7.90. The van der Waals surface area contributed by atoms with Gasteiger partial charge >= 0.3 is 13.3 Å². The maximum Gasteiger partial charge on any atom is 0.353 e. The summed E-state index contributed by atoms with van der Waals surface area (Å²) in [5.41, 5.74) is -1.30. The highest BCUT2D eigenvalue weighted by Crippen LogP contribution is 2.49. The average molecular weight is 659 g/mol. The fourth-order valence-electron chi connectivity index (χ4n) is 5.71. The zero-order valence-electron chi connectivity index (χ0n) is 26.3. The van der Waals surface area contributed by atoms with Crippen molar-refractivity contribution in [2.75, 3.05) is 26.4 Å². The minimum Gasteiger partial charge on any atom is -0.405 e. The highest BCUT2D eigenvalue weighted by atomic mass is 31.2. The average Bonchev–Trinajstić information content (AvgIpc) is 3.30. The molecule has 0 unspecified atom stereocenters. The maximum atomic E-state index is 12.9. The van der Waals surface area contributed by atoms with Crippen molar-refractivity contribution >= 4 is 26.3 Å². The van der Waals surface area contributed by atoms with Gasteiger partial charge in [0.05, 0.1) is 26.4 Å². The quantitative estimate of drug-likeness (QED) is 0.197. The summed E-state index contributed by atoms with van der Waals surface area (Å²) in [6.07, 6.45) is -1.44. The summed E-state index contributed by atoms with van der Waals surface area (Å²) in [7, 11) is -6.44. The fourth-order valence-corrected chi connectivity index (χ4v) is 11.6. The van der Waals surface area contributed by atoms with Crippen molar-refractivity contribution in [3.8, 4) is 0 Å². The van der Waals surface area contributed by atoms with E-state index in [2.05, 4.69) is 50.0 Å². The minimum absolute atomic E-state index is 0.0315. The Labute approximate surface area is 264 Å². The van der Waals surface area contributed by atoms with Gasteiger partial charge in [0.25, 0.3) is 13.9 Å². The Morgan fingerprint density at radius 2 is 1.56 bits per heavy atom. The summed E-state index contributed by atoms with van der Waals surface area (Å²) >= 11 is 0. The summed E-state index contributed by atoms with van der Waals surface area (Å²) in [4.78, 5) is 26.6. The van der Waals surface area contributed by atoms with Gasteiger partial charge in [0, 0.05) is 18.1 Å². The Hall–Kier alpha value is -2.93. The third-order valence-electron chi connectivity index (χ3n) is 7.61. The molecule has 1 aliphatic rings. The van der Waals surface area contributed by atoms with Crippen molar-refractivity contribution in [2.24, 2.45) is 0 Å². The van der Waals surface area contributed by atoms with E-state index in [1.54, 1.807) is 13.8 Å². The summed E-state index contributed by atoms with van der Waals surface area (Å²) < 4.78 is 44.1. The lowest BCUT2D eigenvalue weighted by Crippen LogP contribution is -2.67. The molecule has 1 aromatic heterocycles. The van der Waals surface area contributed by atoms with Crippen LogP contribution in [0.15, 0.2) is 94.4 Å². The number of hydrogen-bond donors (Lipinski definition) is 2. The van der Waals surface area contributed by atoms with E-state index >= 15 is 0 Å². The number of nitrogens with zero attached hydrogens (tertiary/aromatic N) is 1. The van der Waals surface area contributed by atoms with Crippen LogP contribution in [-0.4, -0.2) is 67.7 Å². The molecule has 0 spiro atoms. The zero-order valence-corrected chi connectivity index (χ0v) is 28.2. The molecular formula is C32H43N2O9PSi. The number of nitrogens with one attached hydrogen (secondary N) is 1. The van der Waals surface area contributed by atoms with Crippen LogP contribution in [0.3, 0.4) is 0 Å². The van der Waals surface area contributed by atoms with Crippen LogP contribution in [0.2, 0.25) is 5.04 Å². The summed E-state index contributed by atoms with van der Waals surface area (Å²) in [5.74, 6) is 1.33. The van der Waals surface area contributed by atoms with Crippen molar-refractivity contribution < 1.29 is 32.6 Å². The number of H-pyrrole nitrogens is 1. The Morgan fingerprint density at radius 1 is 0.978 bits per heavy atom. The molecule has 2 aromatic carbocycles. The number of aromatic nitrogens is 2. The van der Waals surface area contributed by atoms with Gasteiger partial charge in [0.1, 0.15) is 18.3 Å². The van der Waals surface area contributed by atoms with E-state index < -0.39 is 51.7 Å². The fraction of sp³-hybridized carbons (Fsp3) is 0.438. The SMILES string of the molecule is CCOP(=O)(/C=C\CO[C@H]1[C@@H](O)[C@H](n2ccc(=O)[nH]c2=O)O[C@@H]1CO[Si](c1ccccc1)(c1ccccc1)C(C)(C)C)OCC. The molecule has 45 heavy (non-hydrogen) atoms. The molecule has 244 valence electrons. The van der Waals surface area contributed by atoms with Crippen LogP contribution in [0, 0.1) is 0 Å². The summed E-state index contributed by atoms with van der Waals surface area (Å²) in [6, 6.07) is 21.4. The number of aromatic amines is 1. The predicted molar refractivity (Wildman–Crippen MR) is 175 cm³/mol. The van der Waals surface area contributed by atoms with Crippen LogP contribution < -0.4 is 21.6 Å². The molecule has 1 saturated heterocycles. The van der Waals surface area contributed by atoms with Crippen molar-refractivity contribution in [2.45, 2.75) is 64.2 Å². The van der Waals surface area contributed by atoms with E-state index in [9.17, 15) is 19.3 Å². The standard InChI is InChI=1S/C32H43N2O9PSi/c1-6-40-44(38,41-7-2)22-14-21-39-29-26(43-30(28(29)36)34-20-19-27(35)33-31(34)37)23-42-45(32(3,4)5,24-15-10-8-11-16-24)25-17-12-9-13-18-25/h8-20,22,26,28-30,36H,6-7,21,23H2,1-5H3,(H,33,35,37)/b22-14-/t26-,28-,29-,30-/m1/s1. The van der Waals surface area contributed by atoms with E-state index in [0.717, 1.165) is 14.9 Å². The Bertz CT molecular complexity index is 1520. The summed E-state index contributed by atoms with van der Waals surface area (Å²) in [5, 5.41) is 13.3. The molecule has 3 aromatic rings. The Balaban J connectivity index is 1.68. The highest BCUT2D eigenvalue weighted by Gasteiger charge is 2.52. The van der Waals surface area contributed by atoms with Gasteiger partial charge < -0.3 is 28.1 Å². The van der Waals surface area contributed by atoms with Gasteiger partial charge in [-0.2, -0.15) is 0 Å². The molecule has 1 fully saturated rings. The highest BCUT2D eigenvalue weighted by molar-refractivity contribution is 7.57. The van der Waals surface area contributed by atoms with E-state index in [0.29, 0.717) is 0 Å². The number of rotatable bonds is 14. The van der Waals surface area contributed by atoms with Gasteiger partial charge in [-0.1, -0.05) is 87.5 Å². The second kappa shape index (κ2) is 15.1. The molecule has 4 atom stereocenters. The van der Waals surface area contributed by atoms with Crippen LogP contribution in [0.4, 0.5) is 0 Å². The smallest absolute Gasteiger partial charge is 0.353 e. The topological polar surface area (TPSA) is 138 Å². The molecule has 2 N–H and O–H groups in total. The van der Waals surface area contributed by atoms with Crippen LogP contribution in [0.5, 0.6) is 0 Å². The van der Waals surface area contributed by atoms with Crippen molar-refractivity contribution in [1.29, 1.82) is 0 Å². The third-order valence-corrected chi connectivity index (χ3v) is 14.4. The largest absolute Gasteiger partial charge is 0.405 e. The van der Waals surface area contributed by atoms with Gasteiger partial charge in [-0.3, -0.25) is 18.9 Å². The first-order valence-electron chi connectivity index (χ1n) is 15.0. The number of hydrogen-bond acceptors (Lipinski definition) is 9. The lowest BCUT2D eigenvalue weighted by atomic mass is 10.1. The number of benzene rings is 2. The normalized spacial score (nSPS) is 21.0. The van der Waals surface area contributed by atoms with E-state index in [4.69, 9.17) is 22.9 Å². The van der Waals surface area contributed by atoms with Gasteiger partial charge in [0.15, 0.2) is 6.23 Å². The minimum atomic E-state index is -3.46. The molecule has 0 aliphatic carbocycles. The molecule has 0 bridgehead atoms. The van der Waals surface area contributed by atoms with Crippen molar-refractivity contribution in [3.63, 3.8) is 0 Å². The molecule has 2 heterocycles. The molecule has 4 rings (SSSR count). The lowest BCUT2D eigenvalue weighted by molar-refractivity contribution is -0.0562. The monoisotopic (exact) mass is 658 g/mol. The Kier molecular flexibility index (Phi) is 11.7. The molecule has 0 saturated carbocycles. The van der Waals surface area contributed by atoms with Crippen LogP contribution >= 0.6 is 7.60 Å². The van der Waals surface area contributed by atoms with E-state index in [1.165, 1.54) is 24.2 Å². The lowest BCUT2D eigenvalue weighted by Gasteiger charge is -2.43. The zero-order chi connectivity index (χ0) is 32.7. The number of ether oxygens (including phenoxy) is 2. The summed E-state index contributed by atoms with van der Waals surface area (Å²) in [6.45, 7) is 10.3. The number of aliphatic hydroxyl groups excluding tert-OH is 1. The van der Waals surface area contributed by atoms with Gasteiger partial charge in [-0.05, 0) is 29.3 Å². The second-order valence-corrected chi connectivity index (χ2v) is 17.8. The van der Waals surface area contributed by atoms with Crippen molar-refractivity contribution in [3.05, 3.63) is 106 Å². The maximum absolute atomic E-state index is 12.9. The molecular weight excluding hydrogens is 615 g/mol. The first-order chi connectivity index (χ1) is 21.5. The molecule has 11 nitrogen and oxygen atoms in total. The van der Waals surface area contributed by atoms with Gasteiger partial charge in [0.2, 0.25) is 0 Å². The molecule has 0 radical (unpaired) electrons. The van der Waals surface area contributed by atoms with E-state index in [-0.39, 0.29) is 31.5 Å². The molecule has 0 amide bonds. The van der Waals surface area contributed by atoms with Crippen LogP contribution in [-0.2, 0) is 27.5 Å².